The molecular formula is C12H24O. The van der Waals surface area contributed by atoms with Gasteiger partial charge in [0.2, 0.25) is 0 Å². The third-order valence-electron chi connectivity index (χ3n) is 3.21. The van der Waals surface area contributed by atoms with Gasteiger partial charge in [-0.1, -0.05) is 46.5 Å². The second-order valence-electron chi connectivity index (χ2n) is 4.28. The monoisotopic (exact) mass is 184 g/mol. The Morgan fingerprint density at radius 3 is 2.15 bits per heavy atom. The van der Waals surface area contributed by atoms with E-state index in [1.807, 2.05) is 0 Å². The predicted octanol–water partition coefficient (Wildman–Crippen LogP) is 3.96. The van der Waals surface area contributed by atoms with Crippen molar-refractivity contribution in [3.05, 3.63) is 0 Å². The average Bonchev–Trinajstić information content (AvgIpc) is 2.12. The molecule has 0 unspecified atom stereocenters. The second-order valence-corrected chi connectivity index (χ2v) is 4.28. The molecule has 1 atom stereocenters. The molecule has 0 aromatic rings. The lowest BCUT2D eigenvalue weighted by Crippen LogP contribution is -2.24. The standard InChI is InChI=1S/C12H24O/c1-5-7-8-9-10-12(4,6-2)11(3)13/h5-10H2,1-4H3/t12-/m0/s1. The highest BCUT2D eigenvalue weighted by atomic mass is 16.1. The fourth-order valence-electron chi connectivity index (χ4n) is 1.54. The molecule has 0 aromatic carbocycles. The molecule has 13 heavy (non-hydrogen) atoms. The summed E-state index contributed by atoms with van der Waals surface area (Å²) in [6.45, 7) is 8.15. The molecule has 0 aliphatic carbocycles. The largest absolute Gasteiger partial charge is 0.299 e. The van der Waals surface area contributed by atoms with Gasteiger partial charge in [0, 0.05) is 5.41 Å². The molecule has 0 rings (SSSR count). The van der Waals surface area contributed by atoms with E-state index in [0.717, 1.165) is 12.8 Å². The molecule has 0 aliphatic rings. The molecule has 0 amide bonds. The number of carbonyl (C=O) groups is 1. The maximum Gasteiger partial charge on any atom is 0.135 e. The molecule has 0 heterocycles. The second kappa shape index (κ2) is 6.17. The maximum atomic E-state index is 11.4. The third-order valence-corrected chi connectivity index (χ3v) is 3.21. The molecule has 78 valence electrons. The van der Waals surface area contributed by atoms with Crippen molar-refractivity contribution in [3.63, 3.8) is 0 Å². The van der Waals surface area contributed by atoms with Crippen LogP contribution in [0.5, 0.6) is 0 Å². The Morgan fingerprint density at radius 1 is 1.15 bits per heavy atom. The van der Waals surface area contributed by atoms with Crippen molar-refractivity contribution in [2.75, 3.05) is 0 Å². The molecular weight excluding hydrogens is 160 g/mol. The van der Waals surface area contributed by atoms with Crippen LogP contribution in [0, 0.1) is 5.41 Å². The third kappa shape index (κ3) is 4.44. The normalized spacial score (nSPS) is 15.4. The number of unbranched alkanes of at least 4 members (excludes halogenated alkanes) is 3. The van der Waals surface area contributed by atoms with E-state index in [0.29, 0.717) is 5.78 Å². The average molecular weight is 184 g/mol. The lowest BCUT2D eigenvalue weighted by molar-refractivity contribution is -0.126. The van der Waals surface area contributed by atoms with Crippen LogP contribution in [0.15, 0.2) is 0 Å². The van der Waals surface area contributed by atoms with E-state index >= 15 is 0 Å². The van der Waals surface area contributed by atoms with Crippen LogP contribution in [0.25, 0.3) is 0 Å². The molecule has 0 spiro atoms. The highest BCUT2D eigenvalue weighted by Gasteiger charge is 2.26. The smallest absolute Gasteiger partial charge is 0.135 e. The van der Waals surface area contributed by atoms with Crippen LogP contribution in [0.2, 0.25) is 0 Å². The molecule has 0 aromatic heterocycles. The highest BCUT2D eigenvalue weighted by molar-refractivity contribution is 5.81. The van der Waals surface area contributed by atoms with Crippen molar-refractivity contribution in [3.8, 4) is 0 Å². The van der Waals surface area contributed by atoms with Crippen molar-refractivity contribution in [2.45, 2.75) is 66.2 Å². The van der Waals surface area contributed by atoms with Crippen molar-refractivity contribution in [2.24, 2.45) is 5.41 Å². The summed E-state index contributed by atoms with van der Waals surface area (Å²) in [5.41, 5.74) is -0.0479. The van der Waals surface area contributed by atoms with E-state index in [2.05, 4.69) is 20.8 Å². The minimum Gasteiger partial charge on any atom is -0.299 e. The predicted molar refractivity (Wildman–Crippen MR) is 57.8 cm³/mol. The lowest BCUT2D eigenvalue weighted by atomic mass is 9.79. The molecule has 0 bridgehead atoms. The summed E-state index contributed by atoms with van der Waals surface area (Å²) in [5.74, 6) is 0.353. The van der Waals surface area contributed by atoms with Crippen molar-refractivity contribution in [1.82, 2.24) is 0 Å². The topological polar surface area (TPSA) is 17.1 Å². The molecule has 0 fully saturated rings. The van der Waals surface area contributed by atoms with Gasteiger partial charge < -0.3 is 0 Å². The minimum absolute atomic E-state index is 0.0479. The van der Waals surface area contributed by atoms with Crippen LogP contribution in [0.1, 0.15) is 66.2 Å². The molecule has 0 saturated carbocycles. The van der Waals surface area contributed by atoms with Crippen LogP contribution in [0.4, 0.5) is 0 Å². The highest BCUT2D eigenvalue weighted by Crippen LogP contribution is 2.29. The first-order valence-electron chi connectivity index (χ1n) is 5.58. The van der Waals surface area contributed by atoms with Gasteiger partial charge in [0.25, 0.3) is 0 Å². The summed E-state index contributed by atoms with van der Waals surface area (Å²) >= 11 is 0. The molecule has 0 saturated heterocycles. The van der Waals surface area contributed by atoms with E-state index in [-0.39, 0.29) is 5.41 Å². The van der Waals surface area contributed by atoms with Gasteiger partial charge in [0.1, 0.15) is 5.78 Å². The quantitative estimate of drug-likeness (QED) is 0.547. The van der Waals surface area contributed by atoms with Gasteiger partial charge in [-0.15, -0.1) is 0 Å². The Balaban J connectivity index is 3.78. The summed E-state index contributed by atoms with van der Waals surface area (Å²) in [6.07, 6.45) is 7.10. The van der Waals surface area contributed by atoms with E-state index in [1.165, 1.54) is 25.7 Å². The summed E-state index contributed by atoms with van der Waals surface area (Å²) < 4.78 is 0. The van der Waals surface area contributed by atoms with E-state index < -0.39 is 0 Å². The van der Waals surface area contributed by atoms with E-state index in [9.17, 15) is 4.79 Å². The maximum absolute atomic E-state index is 11.4. The Hall–Kier alpha value is -0.330. The minimum atomic E-state index is -0.0479. The number of hydrogen-bond acceptors (Lipinski definition) is 1. The first kappa shape index (κ1) is 12.7. The first-order chi connectivity index (χ1) is 6.06. The van der Waals surface area contributed by atoms with Crippen molar-refractivity contribution < 1.29 is 4.79 Å². The van der Waals surface area contributed by atoms with Crippen LogP contribution in [-0.4, -0.2) is 5.78 Å². The van der Waals surface area contributed by atoms with Gasteiger partial charge in [-0.2, -0.15) is 0 Å². The Bertz CT molecular complexity index is 151. The Kier molecular flexibility index (Phi) is 6.02. The zero-order valence-electron chi connectivity index (χ0n) is 9.65. The fraction of sp³-hybridized carbons (Fsp3) is 0.917. The summed E-state index contributed by atoms with van der Waals surface area (Å²) in [7, 11) is 0. The zero-order chi connectivity index (χ0) is 10.3. The number of carbonyl (C=O) groups excluding carboxylic acids is 1. The molecule has 0 N–H and O–H groups in total. The van der Waals surface area contributed by atoms with Crippen molar-refractivity contribution >= 4 is 5.78 Å². The zero-order valence-corrected chi connectivity index (χ0v) is 9.65. The fourth-order valence-corrected chi connectivity index (χ4v) is 1.54. The van der Waals surface area contributed by atoms with Gasteiger partial charge in [-0.25, -0.2) is 0 Å². The summed E-state index contributed by atoms with van der Waals surface area (Å²) in [6, 6.07) is 0. The van der Waals surface area contributed by atoms with Crippen LogP contribution >= 0.6 is 0 Å². The summed E-state index contributed by atoms with van der Waals surface area (Å²) in [4.78, 5) is 11.4. The number of Topliss-reactive ketones (excluding diaryl/α,β-unsaturated/α-hetero) is 1. The van der Waals surface area contributed by atoms with Crippen LogP contribution in [0.3, 0.4) is 0 Å². The number of ketones is 1. The van der Waals surface area contributed by atoms with Gasteiger partial charge in [0.05, 0.1) is 0 Å². The number of hydrogen-bond donors (Lipinski definition) is 0. The van der Waals surface area contributed by atoms with E-state index in [1.54, 1.807) is 6.92 Å². The summed E-state index contributed by atoms with van der Waals surface area (Å²) in [5, 5.41) is 0. The SMILES string of the molecule is CCCCCC[C@](C)(CC)C(C)=O. The van der Waals surface area contributed by atoms with Crippen molar-refractivity contribution in [1.29, 1.82) is 0 Å². The molecule has 1 nitrogen and oxygen atoms in total. The van der Waals surface area contributed by atoms with Gasteiger partial charge in [0.15, 0.2) is 0 Å². The van der Waals surface area contributed by atoms with Gasteiger partial charge in [-0.05, 0) is 19.8 Å². The van der Waals surface area contributed by atoms with E-state index in [4.69, 9.17) is 0 Å². The molecule has 0 aliphatic heterocycles. The van der Waals surface area contributed by atoms with Crippen LogP contribution in [-0.2, 0) is 4.79 Å². The molecule has 0 radical (unpaired) electrons. The van der Waals surface area contributed by atoms with Gasteiger partial charge in [-0.3, -0.25) is 4.79 Å². The number of rotatable bonds is 7. The Morgan fingerprint density at radius 2 is 1.77 bits per heavy atom. The first-order valence-corrected chi connectivity index (χ1v) is 5.58. The van der Waals surface area contributed by atoms with Crippen LogP contribution < -0.4 is 0 Å². The van der Waals surface area contributed by atoms with Gasteiger partial charge >= 0.3 is 0 Å². The molecule has 1 heteroatoms. The Labute approximate surface area is 82.9 Å². The lowest BCUT2D eigenvalue weighted by Gasteiger charge is -2.24.